The van der Waals surface area contributed by atoms with E-state index in [0.717, 1.165) is 30.7 Å². The van der Waals surface area contributed by atoms with E-state index in [-0.39, 0.29) is 5.92 Å². The molecule has 1 fully saturated rings. The molecule has 18 heavy (non-hydrogen) atoms. The zero-order valence-corrected chi connectivity index (χ0v) is 11.2. The van der Waals surface area contributed by atoms with Crippen molar-refractivity contribution in [2.45, 2.75) is 32.1 Å². The summed E-state index contributed by atoms with van der Waals surface area (Å²) in [5.41, 5.74) is 2.38. The van der Waals surface area contributed by atoms with Gasteiger partial charge in [-0.25, -0.2) is 0 Å². The molecule has 0 aliphatic carbocycles. The summed E-state index contributed by atoms with van der Waals surface area (Å²) in [5, 5.41) is 0. The lowest BCUT2D eigenvalue weighted by molar-refractivity contribution is -0.108. The monoisotopic (exact) mass is 247 g/mol. The van der Waals surface area contributed by atoms with Gasteiger partial charge in [0, 0.05) is 25.2 Å². The molecule has 1 atom stereocenters. The number of nitrogens with zero attached hydrogens (tertiary/aromatic N) is 1. The number of methoxy groups -OCH3 is 1. The van der Waals surface area contributed by atoms with Crippen LogP contribution in [0.15, 0.2) is 18.2 Å². The summed E-state index contributed by atoms with van der Waals surface area (Å²) in [7, 11) is 1.68. The van der Waals surface area contributed by atoms with Gasteiger partial charge >= 0.3 is 0 Å². The van der Waals surface area contributed by atoms with E-state index in [1.165, 1.54) is 18.5 Å². The summed E-state index contributed by atoms with van der Waals surface area (Å²) < 4.78 is 5.40. The van der Waals surface area contributed by atoms with Crippen molar-refractivity contribution in [3.8, 4) is 5.75 Å². The fraction of sp³-hybridized carbons (Fsp3) is 0.533. The molecule has 1 saturated heterocycles. The van der Waals surface area contributed by atoms with Crippen LogP contribution >= 0.6 is 0 Å². The van der Waals surface area contributed by atoms with Crippen molar-refractivity contribution < 1.29 is 9.53 Å². The minimum atomic E-state index is 0.208. The lowest BCUT2D eigenvalue weighted by Crippen LogP contribution is -2.17. The molecule has 0 spiro atoms. The Morgan fingerprint density at radius 1 is 1.39 bits per heavy atom. The Morgan fingerprint density at radius 3 is 2.72 bits per heavy atom. The number of hydrogen-bond donors (Lipinski definition) is 0. The second kappa shape index (κ2) is 5.89. The summed E-state index contributed by atoms with van der Waals surface area (Å²) in [5.74, 6) is 1.09. The molecule has 1 heterocycles. The summed E-state index contributed by atoms with van der Waals surface area (Å²) in [6.45, 7) is 4.33. The number of carbonyl (C=O) groups excluding carboxylic acids is 1. The Bertz CT molecular complexity index is 411. The first kappa shape index (κ1) is 12.9. The topological polar surface area (TPSA) is 29.5 Å². The van der Waals surface area contributed by atoms with E-state index in [2.05, 4.69) is 24.0 Å². The minimum absolute atomic E-state index is 0.208. The number of carbonyl (C=O) groups is 1. The molecule has 1 aliphatic heterocycles. The van der Waals surface area contributed by atoms with Crippen molar-refractivity contribution >= 4 is 12.0 Å². The fourth-order valence-corrected chi connectivity index (χ4v) is 2.55. The maximum Gasteiger partial charge on any atom is 0.122 e. The lowest BCUT2D eigenvalue weighted by Gasteiger charge is -2.21. The highest BCUT2D eigenvalue weighted by atomic mass is 16.5. The Morgan fingerprint density at radius 2 is 2.11 bits per heavy atom. The van der Waals surface area contributed by atoms with Crippen molar-refractivity contribution in [2.75, 3.05) is 25.1 Å². The molecule has 1 aromatic rings. The van der Waals surface area contributed by atoms with Crippen LogP contribution in [0.1, 0.15) is 37.7 Å². The molecule has 3 heteroatoms. The van der Waals surface area contributed by atoms with Crippen LogP contribution in [-0.2, 0) is 4.79 Å². The predicted octanol–water partition coefficient (Wildman–Crippen LogP) is 2.99. The van der Waals surface area contributed by atoms with Crippen molar-refractivity contribution in [3.05, 3.63) is 23.8 Å². The molecule has 98 valence electrons. The van der Waals surface area contributed by atoms with Crippen molar-refractivity contribution in [2.24, 2.45) is 0 Å². The molecule has 0 radical (unpaired) electrons. The van der Waals surface area contributed by atoms with Gasteiger partial charge in [0.1, 0.15) is 12.0 Å². The first-order valence-corrected chi connectivity index (χ1v) is 6.62. The second-order valence-electron chi connectivity index (χ2n) is 4.92. The van der Waals surface area contributed by atoms with Gasteiger partial charge in [-0.05, 0) is 42.5 Å². The van der Waals surface area contributed by atoms with Crippen LogP contribution in [0.3, 0.4) is 0 Å². The molecular weight excluding hydrogens is 226 g/mol. The molecule has 0 saturated carbocycles. The van der Waals surface area contributed by atoms with Gasteiger partial charge in [0.2, 0.25) is 0 Å². The number of aldehydes is 1. The van der Waals surface area contributed by atoms with Gasteiger partial charge in [-0.15, -0.1) is 0 Å². The van der Waals surface area contributed by atoms with Crippen LogP contribution in [0, 0.1) is 0 Å². The van der Waals surface area contributed by atoms with Crippen molar-refractivity contribution in [1.29, 1.82) is 0 Å². The highest BCUT2D eigenvalue weighted by Gasteiger charge is 2.16. The quantitative estimate of drug-likeness (QED) is 0.749. The zero-order valence-electron chi connectivity index (χ0n) is 11.2. The van der Waals surface area contributed by atoms with Gasteiger partial charge in [-0.3, -0.25) is 0 Å². The Kier molecular flexibility index (Phi) is 4.24. The van der Waals surface area contributed by atoms with E-state index >= 15 is 0 Å². The van der Waals surface area contributed by atoms with E-state index in [4.69, 9.17) is 4.74 Å². The summed E-state index contributed by atoms with van der Waals surface area (Å²) in [6.07, 6.45) is 4.06. The average molecular weight is 247 g/mol. The largest absolute Gasteiger partial charge is 0.496 e. The smallest absolute Gasteiger partial charge is 0.122 e. The van der Waals surface area contributed by atoms with E-state index in [1.807, 2.05) is 6.07 Å². The van der Waals surface area contributed by atoms with Crippen LogP contribution in [0.25, 0.3) is 0 Å². The summed E-state index contributed by atoms with van der Waals surface area (Å²) in [6, 6.07) is 6.31. The van der Waals surface area contributed by atoms with Gasteiger partial charge in [0.25, 0.3) is 0 Å². The van der Waals surface area contributed by atoms with E-state index in [0.29, 0.717) is 6.42 Å². The SMILES string of the molecule is COc1ccc(N2CCCC2)cc1C(C)CC=O. The molecule has 0 aromatic heterocycles. The fourth-order valence-electron chi connectivity index (χ4n) is 2.55. The van der Waals surface area contributed by atoms with Gasteiger partial charge in [0.05, 0.1) is 7.11 Å². The van der Waals surface area contributed by atoms with Crippen molar-refractivity contribution in [1.82, 2.24) is 0 Å². The van der Waals surface area contributed by atoms with Crippen LogP contribution in [0.2, 0.25) is 0 Å². The van der Waals surface area contributed by atoms with Gasteiger partial charge in [0.15, 0.2) is 0 Å². The number of anilines is 1. The Hall–Kier alpha value is -1.51. The third-order valence-corrected chi connectivity index (χ3v) is 3.67. The van der Waals surface area contributed by atoms with E-state index < -0.39 is 0 Å². The maximum atomic E-state index is 10.7. The molecule has 1 unspecified atom stereocenters. The standard InChI is InChI=1S/C15H21NO2/c1-12(7-10-17)14-11-13(5-6-15(14)18-2)16-8-3-4-9-16/h5-6,10-12H,3-4,7-9H2,1-2H3. The molecule has 1 aromatic carbocycles. The summed E-state index contributed by atoms with van der Waals surface area (Å²) in [4.78, 5) is 13.1. The summed E-state index contributed by atoms with van der Waals surface area (Å²) >= 11 is 0. The molecule has 1 aliphatic rings. The maximum absolute atomic E-state index is 10.7. The van der Waals surface area contributed by atoms with Crippen LogP contribution in [0.5, 0.6) is 5.75 Å². The predicted molar refractivity (Wildman–Crippen MR) is 73.5 cm³/mol. The third kappa shape index (κ3) is 2.66. The number of ether oxygens (including phenoxy) is 1. The van der Waals surface area contributed by atoms with Crippen LogP contribution < -0.4 is 9.64 Å². The molecule has 0 amide bonds. The molecule has 2 rings (SSSR count). The highest BCUT2D eigenvalue weighted by molar-refractivity contribution is 5.57. The molecule has 3 nitrogen and oxygen atoms in total. The van der Waals surface area contributed by atoms with Gasteiger partial charge < -0.3 is 14.4 Å². The Balaban J connectivity index is 2.28. The van der Waals surface area contributed by atoms with Crippen LogP contribution in [0.4, 0.5) is 5.69 Å². The van der Waals surface area contributed by atoms with Gasteiger partial charge in [-0.2, -0.15) is 0 Å². The number of rotatable bonds is 5. The minimum Gasteiger partial charge on any atom is -0.496 e. The lowest BCUT2D eigenvalue weighted by atomic mass is 9.96. The number of benzene rings is 1. The molecular formula is C15H21NO2. The normalized spacial score (nSPS) is 16.7. The zero-order chi connectivity index (χ0) is 13.0. The average Bonchev–Trinajstić information content (AvgIpc) is 2.92. The molecule has 0 N–H and O–H groups in total. The first-order chi connectivity index (χ1) is 8.76. The molecule has 0 bridgehead atoms. The number of hydrogen-bond acceptors (Lipinski definition) is 3. The Labute approximate surface area is 109 Å². The third-order valence-electron chi connectivity index (χ3n) is 3.67. The van der Waals surface area contributed by atoms with E-state index in [1.54, 1.807) is 7.11 Å². The van der Waals surface area contributed by atoms with Crippen molar-refractivity contribution in [3.63, 3.8) is 0 Å². The second-order valence-corrected chi connectivity index (χ2v) is 4.92. The highest BCUT2D eigenvalue weighted by Crippen LogP contribution is 2.33. The van der Waals surface area contributed by atoms with Gasteiger partial charge in [-0.1, -0.05) is 6.92 Å². The van der Waals surface area contributed by atoms with E-state index in [9.17, 15) is 4.79 Å². The van der Waals surface area contributed by atoms with Crippen LogP contribution in [-0.4, -0.2) is 26.5 Å². The first-order valence-electron chi connectivity index (χ1n) is 6.62.